The molecule has 0 aliphatic rings. The van der Waals surface area contributed by atoms with Crippen LogP contribution < -0.4 is 4.74 Å². The van der Waals surface area contributed by atoms with Crippen LogP contribution in [-0.2, 0) is 6.61 Å². The molecule has 0 spiro atoms. The van der Waals surface area contributed by atoms with E-state index in [1.165, 1.54) is 0 Å². The van der Waals surface area contributed by atoms with Crippen LogP contribution in [0.3, 0.4) is 0 Å². The summed E-state index contributed by atoms with van der Waals surface area (Å²) in [6.07, 6.45) is 1.91. The van der Waals surface area contributed by atoms with Crippen molar-refractivity contribution in [2.24, 2.45) is 0 Å². The zero-order chi connectivity index (χ0) is 21.4. The van der Waals surface area contributed by atoms with Gasteiger partial charge in [-0.15, -0.1) is 0 Å². The number of nitriles is 1. The minimum Gasteiger partial charge on any atom is -0.489 e. The van der Waals surface area contributed by atoms with Crippen LogP contribution >= 0.6 is 11.6 Å². The number of pyridine rings is 1. The minimum atomic E-state index is 0.506. The van der Waals surface area contributed by atoms with E-state index >= 15 is 0 Å². The number of hydrogen-bond acceptors (Lipinski definition) is 3. The lowest BCUT2D eigenvalue weighted by atomic mass is 9.95. The predicted octanol–water partition coefficient (Wildman–Crippen LogP) is 6.57. The third-order valence-electron chi connectivity index (χ3n) is 5.45. The summed E-state index contributed by atoms with van der Waals surface area (Å²) in [5.74, 6) is 0.776. The first-order valence-corrected chi connectivity index (χ1v) is 10.3. The molecule has 0 fully saturated rings. The van der Waals surface area contributed by atoms with Crippen LogP contribution in [0, 0.1) is 18.3 Å². The van der Waals surface area contributed by atoms with Crippen molar-refractivity contribution in [2.75, 3.05) is 0 Å². The van der Waals surface area contributed by atoms with E-state index in [2.05, 4.69) is 11.1 Å². The molecule has 5 rings (SSSR count). The maximum Gasteiger partial charge on any atom is 0.138 e. The van der Waals surface area contributed by atoms with E-state index in [1.807, 2.05) is 90.3 Å². The van der Waals surface area contributed by atoms with Gasteiger partial charge in [-0.05, 0) is 47.9 Å². The first kappa shape index (κ1) is 19.2. The van der Waals surface area contributed by atoms with Crippen molar-refractivity contribution in [3.8, 4) is 22.9 Å². The predicted molar refractivity (Wildman–Crippen MR) is 123 cm³/mol. The van der Waals surface area contributed by atoms with Crippen molar-refractivity contribution in [1.29, 1.82) is 5.26 Å². The van der Waals surface area contributed by atoms with Crippen molar-refractivity contribution in [1.82, 2.24) is 9.38 Å². The Bertz CT molecular complexity index is 1450. The molecule has 0 bridgehead atoms. The summed E-state index contributed by atoms with van der Waals surface area (Å²) < 4.78 is 7.83. The van der Waals surface area contributed by atoms with Crippen LogP contribution in [0.15, 0.2) is 79.0 Å². The Morgan fingerprint density at radius 1 is 1.00 bits per heavy atom. The third kappa shape index (κ3) is 3.30. The van der Waals surface area contributed by atoms with Crippen LogP contribution in [0.5, 0.6) is 5.75 Å². The van der Waals surface area contributed by atoms with E-state index in [-0.39, 0.29) is 0 Å². The third-order valence-corrected chi connectivity index (χ3v) is 5.82. The molecule has 0 atom stereocenters. The monoisotopic (exact) mass is 423 g/mol. The molecule has 0 aliphatic heterocycles. The van der Waals surface area contributed by atoms with Gasteiger partial charge in [0.05, 0.1) is 16.1 Å². The molecule has 0 saturated carbocycles. The standard InChI is InChI=1S/C26H18ClN3O/c1-17-21(15-28)25-26(30-14-6-5-9-22(30)29-25)24(27)23(17)19-10-12-20(13-11-19)31-16-18-7-3-2-4-8-18/h2-14H,16H2,1H3. The molecule has 0 N–H and O–H groups in total. The Hall–Kier alpha value is -3.81. The SMILES string of the molecule is Cc1c(-c2ccc(OCc3ccccc3)cc2)c(Cl)c2c(nc3ccccn32)c1C#N. The lowest BCUT2D eigenvalue weighted by molar-refractivity contribution is 0.306. The van der Waals surface area contributed by atoms with Gasteiger partial charge >= 0.3 is 0 Å². The zero-order valence-electron chi connectivity index (χ0n) is 16.8. The largest absolute Gasteiger partial charge is 0.489 e. The summed E-state index contributed by atoms with van der Waals surface area (Å²) in [6.45, 7) is 2.43. The molecular weight excluding hydrogens is 406 g/mol. The molecule has 5 heteroatoms. The van der Waals surface area contributed by atoms with Crippen LogP contribution in [0.1, 0.15) is 16.7 Å². The lowest BCUT2D eigenvalue weighted by Crippen LogP contribution is -1.96. The summed E-state index contributed by atoms with van der Waals surface area (Å²) in [7, 11) is 0. The summed E-state index contributed by atoms with van der Waals surface area (Å²) >= 11 is 6.91. The van der Waals surface area contributed by atoms with Gasteiger partial charge < -0.3 is 4.74 Å². The summed E-state index contributed by atoms with van der Waals surface area (Å²) in [5.41, 5.74) is 6.38. The Balaban J connectivity index is 1.58. The smallest absolute Gasteiger partial charge is 0.138 e. The van der Waals surface area contributed by atoms with Gasteiger partial charge in [-0.25, -0.2) is 4.98 Å². The van der Waals surface area contributed by atoms with Gasteiger partial charge in [0.15, 0.2) is 0 Å². The average Bonchev–Trinajstić information content (AvgIpc) is 3.19. The number of halogens is 1. The second-order valence-electron chi connectivity index (χ2n) is 7.34. The number of imidazole rings is 1. The van der Waals surface area contributed by atoms with Crippen LogP contribution in [0.2, 0.25) is 5.02 Å². The number of aromatic nitrogens is 2. The molecule has 5 aromatic rings. The molecule has 0 saturated heterocycles. The zero-order valence-corrected chi connectivity index (χ0v) is 17.6. The molecule has 0 radical (unpaired) electrons. The van der Waals surface area contributed by atoms with Gasteiger partial charge in [-0.2, -0.15) is 5.26 Å². The first-order chi connectivity index (χ1) is 15.2. The number of rotatable bonds is 4. The maximum absolute atomic E-state index is 9.86. The van der Waals surface area contributed by atoms with E-state index in [4.69, 9.17) is 16.3 Å². The van der Waals surface area contributed by atoms with E-state index in [0.717, 1.165) is 39.2 Å². The van der Waals surface area contributed by atoms with Crippen LogP contribution in [0.4, 0.5) is 0 Å². The molecule has 0 aliphatic carbocycles. The van der Waals surface area contributed by atoms with Gasteiger partial charge in [-0.3, -0.25) is 4.40 Å². The average molecular weight is 424 g/mol. The highest BCUT2D eigenvalue weighted by Crippen LogP contribution is 2.40. The highest BCUT2D eigenvalue weighted by atomic mass is 35.5. The van der Waals surface area contributed by atoms with Gasteiger partial charge in [-0.1, -0.05) is 60.1 Å². The molecule has 3 aromatic carbocycles. The van der Waals surface area contributed by atoms with Crippen LogP contribution in [-0.4, -0.2) is 9.38 Å². The van der Waals surface area contributed by atoms with Crippen LogP contribution in [0.25, 0.3) is 27.8 Å². The van der Waals surface area contributed by atoms with Gasteiger partial charge in [0.1, 0.15) is 29.6 Å². The molecule has 4 nitrogen and oxygen atoms in total. The van der Waals surface area contributed by atoms with Crippen molar-refractivity contribution in [3.63, 3.8) is 0 Å². The van der Waals surface area contributed by atoms with Gasteiger partial charge in [0.2, 0.25) is 0 Å². The molecule has 2 heterocycles. The number of ether oxygens (including phenoxy) is 1. The van der Waals surface area contributed by atoms with Crippen molar-refractivity contribution >= 4 is 28.3 Å². The highest BCUT2D eigenvalue weighted by molar-refractivity contribution is 6.38. The summed E-state index contributed by atoms with van der Waals surface area (Å²) in [4.78, 5) is 4.65. The molecule has 0 amide bonds. The maximum atomic E-state index is 9.86. The van der Waals surface area contributed by atoms with Gasteiger partial charge in [0, 0.05) is 11.8 Å². The molecule has 0 unspecified atom stereocenters. The fraction of sp³-hybridized carbons (Fsp3) is 0.0769. The molecule has 150 valence electrons. The normalized spacial score (nSPS) is 11.0. The quantitative estimate of drug-likeness (QED) is 0.328. The second-order valence-corrected chi connectivity index (χ2v) is 7.72. The number of nitrogens with zero attached hydrogens (tertiary/aromatic N) is 3. The number of hydrogen-bond donors (Lipinski definition) is 0. The second kappa shape index (κ2) is 7.79. The lowest BCUT2D eigenvalue weighted by Gasteiger charge is -2.13. The summed E-state index contributed by atoms with van der Waals surface area (Å²) in [5, 5.41) is 10.5. The molecule has 2 aromatic heterocycles. The fourth-order valence-electron chi connectivity index (χ4n) is 3.90. The van der Waals surface area contributed by atoms with Crippen molar-refractivity contribution in [3.05, 3.63) is 101 Å². The van der Waals surface area contributed by atoms with E-state index < -0.39 is 0 Å². The highest BCUT2D eigenvalue weighted by Gasteiger charge is 2.21. The fourth-order valence-corrected chi connectivity index (χ4v) is 4.34. The van der Waals surface area contributed by atoms with E-state index in [9.17, 15) is 5.26 Å². The van der Waals surface area contributed by atoms with Gasteiger partial charge in [0.25, 0.3) is 0 Å². The number of fused-ring (bicyclic) bond motifs is 3. The van der Waals surface area contributed by atoms with E-state index in [0.29, 0.717) is 22.7 Å². The Labute approximate surface area is 184 Å². The minimum absolute atomic E-state index is 0.506. The summed E-state index contributed by atoms with van der Waals surface area (Å²) in [6, 6.07) is 25.9. The Morgan fingerprint density at radius 3 is 2.48 bits per heavy atom. The topological polar surface area (TPSA) is 50.3 Å². The van der Waals surface area contributed by atoms with Crippen molar-refractivity contribution < 1.29 is 4.74 Å². The Morgan fingerprint density at radius 2 is 1.74 bits per heavy atom. The molecule has 31 heavy (non-hydrogen) atoms. The van der Waals surface area contributed by atoms with E-state index in [1.54, 1.807) is 0 Å². The Kier molecular flexibility index (Phi) is 4.82. The molecular formula is C26H18ClN3O. The first-order valence-electron chi connectivity index (χ1n) is 9.93. The van der Waals surface area contributed by atoms with Crippen molar-refractivity contribution in [2.45, 2.75) is 13.5 Å². The number of benzene rings is 3.